The quantitative estimate of drug-likeness (QED) is 0.877. The van der Waals surface area contributed by atoms with E-state index in [-0.39, 0.29) is 17.7 Å². The predicted octanol–water partition coefficient (Wildman–Crippen LogP) is 1.42. The van der Waals surface area contributed by atoms with Crippen LogP contribution < -0.4 is 4.72 Å². The molecule has 7 heteroatoms. The van der Waals surface area contributed by atoms with Crippen LogP contribution >= 0.6 is 0 Å². The minimum atomic E-state index is -4.05. The summed E-state index contributed by atoms with van der Waals surface area (Å²) in [6.07, 6.45) is 1.14. The van der Waals surface area contributed by atoms with E-state index in [1.165, 1.54) is 13.0 Å². The van der Waals surface area contributed by atoms with E-state index in [4.69, 9.17) is 5.11 Å². The molecule has 1 aromatic rings. The number of hydrogen-bond acceptors (Lipinski definition) is 3. The fourth-order valence-corrected chi connectivity index (χ4v) is 3.74. The lowest BCUT2D eigenvalue weighted by Crippen LogP contribution is -2.58. The Kier molecular flexibility index (Phi) is 3.36. The van der Waals surface area contributed by atoms with Crippen molar-refractivity contribution in [2.24, 2.45) is 0 Å². The average molecular weight is 287 g/mol. The second kappa shape index (κ2) is 4.57. The van der Waals surface area contributed by atoms with Gasteiger partial charge in [-0.1, -0.05) is 6.07 Å². The van der Waals surface area contributed by atoms with Gasteiger partial charge in [0, 0.05) is 0 Å². The molecule has 0 atom stereocenters. The zero-order valence-corrected chi connectivity index (χ0v) is 11.1. The summed E-state index contributed by atoms with van der Waals surface area (Å²) in [5.41, 5.74) is -1.08. The molecule has 0 aliphatic heterocycles. The number of benzene rings is 1. The van der Waals surface area contributed by atoms with Crippen LogP contribution in [0.4, 0.5) is 4.39 Å². The first-order valence-corrected chi connectivity index (χ1v) is 7.29. The molecule has 2 rings (SSSR count). The first-order chi connectivity index (χ1) is 8.77. The van der Waals surface area contributed by atoms with Crippen molar-refractivity contribution < 1.29 is 22.7 Å². The Morgan fingerprint density at radius 3 is 2.53 bits per heavy atom. The third kappa shape index (κ3) is 2.48. The molecule has 0 unspecified atom stereocenters. The Morgan fingerprint density at radius 2 is 2.05 bits per heavy atom. The molecule has 0 amide bonds. The van der Waals surface area contributed by atoms with E-state index in [1.54, 1.807) is 0 Å². The van der Waals surface area contributed by atoms with E-state index in [1.807, 2.05) is 0 Å². The van der Waals surface area contributed by atoms with Gasteiger partial charge in [-0.3, -0.25) is 4.79 Å². The molecule has 0 heterocycles. The first kappa shape index (κ1) is 14.0. The number of hydrogen-bond donors (Lipinski definition) is 2. The molecule has 2 N–H and O–H groups in total. The molecule has 104 valence electrons. The summed E-state index contributed by atoms with van der Waals surface area (Å²) < 4.78 is 39.7. The minimum Gasteiger partial charge on any atom is -0.480 e. The van der Waals surface area contributed by atoms with E-state index in [2.05, 4.69) is 4.72 Å². The summed E-state index contributed by atoms with van der Waals surface area (Å²) in [6.45, 7) is 1.53. The average Bonchev–Trinajstić information content (AvgIpc) is 2.26. The first-order valence-electron chi connectivity index (χ1n) is 5.80. The summed E-state index contributed by atoms with van der Waals surface area (Å²) in [7, 11) is -4.05. The third-order valence-corrected chi connectivity index (χ3v) is 5.06. The zero-order valence-electron chi connectivity index (χ0n) is 10.3. The maximum absolute atomic E-state index is 13.2. The van der Waals surface area contributed by atoms with Crippen molar-refractivity contribution in [3.63, 3.8) is 0 Å². The van der Waals surface area contributed by atoms with E-state index < -0.39 is 27.3 Å². The molecule has 1 fully saturated rings. The lowest BCUT2D eigenvalue weighted by atomic mass is 9.78. The molecule has 1 aliphatic carbocycles. The molecule has 0 saturated heterocycles. The van der Waals surface area contributed by atoms with Crippen molar-refractivity contribution in [3.05, 3.63) is 29.6 Å². The van der Waals surface area contributed by atoms with Crippen LogP contribution in [0.2, 0.25) is 0 Å². The van der Waals surface area contributed by atoms with Gasteiger partial charge < -0.3 is 5.11 Å². The van der Waals surface area contributed by atoms with Gasteiger partial charge in [-0.05, 0) is 43.9 Å². The summed E-state index contributed by atoms with van der Waals surface area (Å²) in [5, 5.41) is 9.12. The number of carbonyl (C=O) groups is 1. The summed E-state index contributed by atoms with van der Waals surface area (Å²) in [4.78, 5) is 10.9. The molecule has 0 aromatic heterocycles. The molecular formula is C12H14FNO4S. The fourth-order valence-electron chi connectivity index (χ4n) is 2.07. The number of aliphatic carboxylic acids is 1. The summed E-state index contributed by atoms with van der Waals surface area (Å²) in [5.74, 6) is -1.87. The van der Waals surface area contributed by atoms with Gasteiger partial charge >= 0.3 is 5.97 Å². The van der Waals surface area contributed by atoms with Crippen LogP contribution in [0.15, 0.2) is 23.1 Å². The van der Waals surface area contributed by atoms with Crippen molar-refractivity contribution in [1.82, 2.24) is 4.72 Å². The summed E-state index contributed by atoms with van der Waals surface area (Å²) >= 11 is 0. The molecule has 5 nitrogen and oxygen atoms in total. The second-order valence-electron chi connectivity index (χ2n) is 4.76. The maximum atomic E-state index is 13.2. The van der Waals surface area contributed by atoms with Crippen LogP contribution in [0.25, 0.3) is 0 Å². The Labute approximate surface area is 110 Å². The number of halogens is 1. The highest BCUT2D eigenvalue weighted by Crippen LogP contribution is 2.34. The Bertz CT molecular complexity index is 623. The predicted molar refractivity (Wildman–Crippen MR) is 65.7 cm³/mol. The number of nitrogens with one attached hydrogen (secondary N) is 1. The Morgan fingerprint density at radius 1 is 1.42 bits per heavy atom. The largest absolute Gasteiger partial charge is 0.480 e. The van der Waals surface area contributed by atoms with Crippen molar-refractivity contribution in [1.29, 1.82) is 0 Å². The number of rotatable bonds is 4. The number of carboxylic acids is 1. The smallest absolute Gasteiger partial charge is 0.324 e. The SMILES string of the molecule is Cc1ccc(F)cc1S(=O)(=O)NC1(C(=O)O)CCC1. The number of aryl methyl sites for hydroxylation is 1. The highest BCUT2D eigenvalue weighted by Gasteiger charge is 2.47. The van der Waals surface area contributed by atoms with E-state index >= 15 is 0 Å². The van der Waals surface area contributed by atoms with E-state index in [9.17, 15) is 17.6 Å². The van der Waals surface area contributed by atoms with E-state index in [0.29, 0.717) is 12.0 Å². The van der Waals surface area contributed by atoms with Crippen molar-refractivity contribution in [2.75, 3.05) is 0 Å². The molecule has 1 saturated carbocycles. The number of sulfonamides is 1. The minimum absolute atomic E-state index is 0.222. The monoisotopic (exact) mass is 287 g/mol. The van der Waals surface area contributed by atoms with Crippen LogP contribution in [0.1, 0.15) is 24.8 Å². The molecule has 1 aliphatic rings. The van der Waals surface area contributed by atoms with Crippen LogP contribution in [-0.4, -0.2) is 25.0 Å². The molecule has 19 heavy (non-hydrogen) atoms. The van der Waals surface area contributed by atoms with Crippen molar-refractivity contribution in [3.8, 4) is 0 Å². The van der Waals surface area contributed by atoms with Crippen molar-refractivity contribution >= 4 is 16.0 Å². The van der Waals surface area contributed by atoms with Crippen LogP contribution in [0, 0.1) is 12.7 Å². The lowest BCUT2D eigenvalue weighted by molar-refractivity contribution is -0.147. The topological polar surface area (TPSA) is 83.5 Å². The van der Waals surface area contributed by atoms with Gasteiger partial charge in [0.25, 0.3) is 0 Å². The van der Waals surface area contributed by atoms with Gasteiger partial charge in [0.15, 0.2) is 0 Å². The normalized spacial score (nSPS) is 17.8. The molecule has 0 spiro atoms. The molecular weight excluding hydrogens is 273 g/mol. The van der Waals surface area contributed by atoms with Crippen LogP contribution in [0.3, 0.4) is 0 Å². The van der Waals surface area contributed by atoms with Gasteiger partial charge in [0.2, 0.25) is 10.0 Å². The van der Waals surface area contributed by atoms with E-state index in [0.717, 1.165) is 12.1 Å². The maximum Gasteiger partial charge on any atom is 0.324 e. The van der Waals surface area contributed by atoms with Crippen LogP contribution in [0.5, 0.6) is 0 Å². The molecule has 1 aromatic carbocycles. The Balaban J connectivity index is 2.38. The highest BCUT2D eigenvalue weighted by atomic mass is 32.2. The third-order valence-electron chi connectivity index (χ3n) is 3.39. The fraction of sp³-hybridized carbons (Fsp3) is 0.417. The molecule has 0 radical (unpaired) electrons. The standard InChI is InChI=1S/C12H14FNO4S/c1-8-3-4-9(13)7-10(8)19(17,18)14-12(11(15)16)5-2-6-12/h3-4,7,14H,2,5-6H2,1H3,(H,15,16). The molecule has 0 bridgehead atoms. The van der Waals surface area contributed by atoms with Gasteiger partial charge in [0.05, 0.1) is 4.90 Å². The summed E-state index contributed by atoms with van der Waals surface area (Å²) in [6, 6.07) is 3.40. The second-order valence-corrected chi connectivity index (χ2v) is 6.41. The van der Waals surface area contributed by atoms with Gasteiger partial charge in [-0.2, -0.15) is 4.72 Å². The zero-order chi connectivity index (χ0) is 14.3. The van der Waals surface area contributed by atoms with Gasteiger partial charge in [0.1, 0.15) is 11.4 Å². The van der Waals surface area contributed by atoms with Gasteiger partial charge in [-0.25, -0.2) is 12.8 Å². The lowest BCUT2D eigenvalue weighted by Gasteiger charge is -2.37. The van der Waals surface area contributed by atoms with Gasteiger partial charge in [-0.15, -0.1) is 0 Å². The highest BCUT2D eigenvalue weighted by molar-refractivity contribution is 7.89. The van der Waals surface area contributed by atoms with Crippen LogP contribution in [-0.2, 0) is 14.8 Å². The number of carboxylic acid groups (broad SMARTS) is 1. The van der Waals surface area contributed by atoms with Crippen molar-refractivity contribution in [2.45, 2.75) is 36.6 Å². The Hall–Kier alpha value is -1.47.